The van der Waals surface area contributed by atoms with Gasteiger partial charge in [0.25, 0.3) is 5.56 Å². The number of nitrogens with zero attached hydrogens (tertiary/aromatic N) is 3. The quantitative estimate of drug-likeness (QED) is 0.733. The van der Waals surface area contributed by atoms with Crippen LogP contribution >= 0.6 is 11.3 Å². The van der Waals surface area contributed by atoms with E-state index in [1.807, 2.05) is 12.3 Å². The average Bonchev–Trinajstić information content (AvgIpc) is 3.07. The zero-order valence-electron chi connectivity index (χ0n) is 14.3. The number of thiazole rings is 1. The third-order valence-corrected chi connectivity index (χ3v) is 6.55. The monoisotopic (exact) mass is 390 g/mol. The van der Waals surface area contributed by atoms with Gasteiger partial charge in [-0.05, 0) is 44.0 Å². The predicted octanol–water partition coefficient (Wildman–Crippen LogP) is 1.66. The summed E-state index contributed by atoms with van der Waals surface area (Å²) in [5.41, 5.74) is 3.39. The van der Waals surface area contributed by atoms with Crippen molar-refractivity contribution >= 4 is 32.0 Å². The molecule has 0 aliphatic carbocycles. The first-order chi connectivity index (χ1) is 12.2. The van der Waals surface area contributed by atoms with Crippen LogP contribution < -0.4 is 15.6 Å². The van der Waals surface area contributed by atoms with Gasteiger partial charge in [-0.25, -0.2) is 18.5 Å². The van der Waals surface area contributed by atoms with Gasteiger partial charge in [0.15, 0.2) is 4.96 Å². The maximum atomic E-state index is 12.4. The van der Waals surface area contributed by atoms with E-state index in [1.165, 1.54) is 17.4 Å². The third-order valence-electron chi connectivity index (χ3n) is 4.70. The van der Waals surface area contributed by atoms with Gasteiger partial charge in [0.1, 0.15) is 0 Å². The lowest BCUT2D eigenvalue weighted by molar-refractivity contribution is 0.597. The second kappa shape index (κ2) is 5.90. The van der Waals surface area contributed by atoms with Crippen molar-refractivity contribution in [3.8, 4) is 0 Å². The topological polar surface area (TPSA) is 97.8 Å². The Morgan fingerprint density at radius 2 is 2.12 bits per heavy atom. The average molecular weight is 390 g/mol. The van der Waals surface area contributed by atoms with Crippen LogP contribution in [0.4, 0.5) is 5.69 Å². The van der Waals surface area contributed by atoms with Crippen LogP contribution in [0.15, 0.2) is 39.3 Å². The van der Waals surface area contributed by atoms with E-state index in [9.17, 15) is 13.2 Å². The van der Waals surface area contributed by atoms with E-state index < -0.39 is 10.0 Å². The Morgan fingerprint density at radius 3 is 2.85 bits per heavy atom. The molecule has 0 amide bonds. The smallest absolute Gasteiger partial charge is 0.259 e. The van der Waals surface area contributed by atoms with E-state index in [-0.39, 0.29) is 16.5 Å². The van der Waals surface area contributed by atoms with Crippen molar-refractivity contribution in [2.75, 3.05) is 4.90 Å². The summed E-state index contributed by atoms with van der Waals surface area (Å²) in [5.74, 6) is 0. The number of hydrogen-bond donors (Lipinski definition) is 1. The van der Waals surface area contributed by atoms with E-state index in [4.69, 9.17) is 5.14 Å². The first-order valence-corrected chi connectivity index (χ1v) is 10.6. The molecule has 3 heterocycles. The van der Waals surface area contributed by atoms with Crippen LogP contribution in [-0.2, 0) is 23.0 Å². The molecule has 7 nitrogen and oxygen atoms in total. The second-order valence-electron chi connectivity index (χ2n) is 6.60. The summed E-state index contributed by atoms with van der Waals surface area (Å²) in [7, 11) is -3.72. The molecule has 0 unspecified atom stereocenters. The molecule has 0 bridgehead atoms. The van der Waals surface area contributed by atoms with Crippen molar-refractivity contribution in [3.63, 3.8) is 0 Å². The molecule has 2 N–H and O–H groups in total. The Labute approximate surface area is 154 Å². The molecule has 4 rings (SSSR count). The van der Waals surface area contributed by atoms with Crippen LogP contribution in [-0.4, -0.2) is 23.8 Å². The normalized spacial score (nSPS) is 17.0. The number of aryl methyl sites for hydroxylation is 1. The summed E-state index contributed by atoms with van der Waals surface area (Å²) in [5, 5.41) is 7.14. The van der Waals surface area contributed by atoms with Crippen LogP contribution in [0.25, 0.3) is 4.96 Å². The van der Waals surface area contributed by atoms with E-state index >= 15 is 0 Å². The molecule has 1 aliphatic rings. The zero-order valence-corrected chi connectivity index (χ0v) is 16.0. The fourth-order valence-electron chi connectivity index (χ4n) is 3.45. The summed E-state index contributed by atoms with van der Waals surface area (Å²) in [6.07, 6.45) is 0.720. The minimum atomic E-state index is -3.72. The lowest BCUT2D eigenvalue weighted by atomic mass is 10.1. The number of sulfonamides is 1. The number of fused-ring (bicyclic) bond motifs is 2. The van der Waals surface area contributed by atoms with Gasteiger partial charge in [0.2, 0.25) is 10.0 Å². The standard InChI is InChI=1S/C17H18N4O3S2/c1-10-5-12-6-14(26(18,23)24)3-4-15(12)20(10)8-13-7-16(22)21-11(2)9-25-17(21)19-13/h3-4,6-7,9-10H,5,8H2,1-2H3,(H2,18,23,24)/t10-/m1/s1. The molecule has 3 aromatic rings. The Kier molecular flexibility index (Phi) is 3.90. The van der Waals surface area contributed by atoms with Crippen molar-refractivity contribution in [3.05, 3.63) is 57.0 Å². The Balaban J connectivity index is 1.71. The van der Waals surface area contributed by atoms with E-state index in [1.54, 1.807) is 22.6 Å². The number of nitrogens with two attached hydrogens (primary N) is 1. The highest BCUT2D eigenvalue weighted by Gasteiger charge is 2.28. The van der Waals surface area contributed by atoms with Crippen molar-refractivity contribution in [1.29, 1.82) is 0 Å². The molecule has 1 atom stereocenters. The zero-order chi connectivity index (χ0) is 18.6. The molecule has 26 heavy (non-hydrogen) atoms. The molecule has 0 fully saturated rings. The number of anilines is 1. The van der Waals surface area contributed by atoms with Crippen molar-refractivity contribution in [2.24, 2.45) is 5.14 Å². The molecule has 0 saturated heterocycles. The van der Waals surface area contributed by atoms with Gasteiger partial charge in [0, 0.05) is 28.9 Å². The lowest BCUT2D eigenvalue weighted by Crippen LogP contribution is -2.30. The van der Waals surface area contributed by atoms with Gasteiger partial charge in [-0.15, -0.1) is 11.3 Å². The van der Waals surface area contributed by atoms with Crippen LogP contribution in [0, 0.1) is 6.92 Å². The van der Waals surface area contributed by atoms with Gasteiger partial charge in [-0.1, -0.05) is 0 Å². The first kappa shape index (κ1) is 17.2. The van der Waals surface area contributed by atoms with Crippen LogP contribution in [0.3, 0.4) is 0 Å². The number of benzene rings is 1. The Bertz CT molecular complexity index is 1180. The van der Waals surface area contributed by atoms with Gasteiger partial charge in [-0.3, -0.25) is 9.20 Å². The van der Waals surface area contributed by atoms with E-state index in [2.05, 4.69) is 16.8 Å². The second-order valence-corrected chi connectivity index (χ2v) is 9.00. The molecule has 136 valence electrons. The third kappa shape index (κ3) is 2.81. The highest BCUT2D eigenvalue weighted by Crippen LogP contribution is 2.34. The molecule has 2 aromatic heterocycles. The van der Waals surface area contributed by atoms with Crippen molar-refractivity contribution < 1.29 is 8.42 Å². The molecule has 9 heteroatoms. The van der Waals surface area contributed by atoms with Crippen LogP contribution in [0.5, 0.6) is 0 Å². The molecule has 0 spiro atoms. The summed E-state index contributed by atoms with van der Waals surface area (Å²) in [4.78, 5) is 19.9. The molecule has 0 saturated carbocycles. The van der Waals surface area contributed by atoms with E-state index in [0.29, 0.717) is 17.2 Å². The highest BCUT2D eigenvalue weighted by molar-refractivity contribution is 7.89. The molecule has 1 aliphatic heterocycles. The van der Waals surface area contributed by atoms with Gasteiger partial charge in [0.05, 0.1) is 17.1 Å². The number of rotatable bonds is 3. The van der Waals surface area contributed by atoms with Crippen LogP contribution in [0.2, 0.25) is 0 Å². The van der Waals surface area contributed by atoms with Gasteiger partial charge in [-0.2, -0.15) is 0 Å². The number of aromatic nitrogens is 2. The summed E-state index contributed by atoms with van der Waals surface area (Å²) < 4.78 is 24.7. The largest absolute Gasteiger partial charge is 0.362 e. The molecular weight excluding hydrogens is 372 g/mol. The number of hydrogen-bond acceptors (Lipinski definition) is 6. The molecular formula is C17H18N4O3S2. The highest BCUT2D eigenvalue weighted by atomic mass is 32.2. The minimum absolute atomic E-state index is 0.0830. The van der Waals surface area contributed by atoms with Crippen molar-refractivity contribution in [2.45, 2.75) is 37.8 Å². The fraction of sp³-hybridized carbons (Fsp3) is 0.294. The Hall–Kier alpha value is -2.23. The molecule has 1 aromatic carbocycles. The van der Waals surface area contributed by atoms with Gasteiger partial charge < -0.3 is 4.90 Å². The lowest BCUT2D eigenvalue weighted by Gasteiger charge is -2.24. The summed E-state index contributed by atoms with van der Waals surface area (Å²) >= 11 is 1.44. The maximum Gasteiger partial charge on any atom is 0.259 e. The summed E-state index contributed by atoms with van der Waals surface area (Å²) in [6, 6.07) is 6.67. The SMILES string of the molecule is Cc1csc2nc(CN3c4ccc(S(N)(=O)=O)cc4C[C@H]3C)cc(=O)n12. The summed E-state index contributed by atoms with van der Waals surface area (Å²) in [6.45, 7) is 4.44. The van der Waals surface area contributed by atoms with Crippen molar-refractivity contribution in [1.82, 2.24) is 9.38 Å². The maximum absolute atomic E-state index is 12.4. The van der Waals surface area contributed by atoms with E-state index in [0.717, 1.165) is 23.4 Å². The minimum Gasteiger partial charge on any atom is -0.362 e. The van der Waals surface area contributed by atoms with Crippen LogP contribution in [0.1, 0.15) is 23.9 Å². The molecule has 0 radical (unpaired) electrons. The predicted molar refractivity (Wildman–Crippen MR) is 101 cm³/mol. The fourth-order valence-corrected chi connectivity index (χ4v) is 4.90. The Morgan fingerprint density at radius 1 is 1.35 bits per heavy atom. The number of primary sulfonamides is 1. The van der Waals surface area contributed by atoms with Gasteiger partial charge >= 0.3 is 0 Å². The first-order valence-electron chi connectivity index (χ1n) is 8.13.